The molecule has 1 unspecified atom stereocenters. The van der Waals surface area contributed by atoms with E-state index in [0.717, 1.165) is 28.2 Å². The van der Waals surface area contributed by atoms with Gasteiger partial charge in [0.25, 0.3) is 5.91 Å². The Labute approximate surface area is 190 Å². The van der Waals surface area contributed by atoms with Gasteiger partial charge in [0.15, 0.2) is 0 Å². The van der Waals surface area contributed by atoms with Crippen LogP contribution in [-0.4, -0.2) is 43.9 Å². The van der Waals surface area contributed by atoms with Crippen molar-refractivity contribution in [1.29, 1.82) is 0 Å². The third-order valence-electron chi connectivity index (χ3n) is 5.50. The van der Waals surface area contributed by atoms with Crippen LogP contribution < -0.4 is 4.74 Å². The molecule has 0 fully saturated rings. The van der Waals surface area contributed by atoms with Gasteiger partial charge in [0.2, 0.25) is 5.82 Å². The molecule has 2 aromatic carbocycles. The molecule has 0 bridgehead atoms. The van der Waals surface area contributed by atoms with E-state index in [4.69, 9.17) is 9.15 Å². The van der Waals surface area contributed by atoms with Crippen LogP contribution in [-0.2, 0) is 11.3 Å². The molecular weight excluding hydrogens is 420 g/mol. The Bertz CT molecular complexity index is 1280. The van der Waals surface area contributed by atoms with Crippen molar-refractivity contribution < 1.29 is 13.9 Å². The molecule has 3 heterocycles. The maximum Gasteiger partial charge on any atom is 0.267 e. The molecule has 9 nitrogen and oxygen atoms in total. The molecular formula is C24H22N6O3. The Morgan fingerprint density at radius 3 is 2.55 bits per heavy atom. The molecule has 5 rings (SSSR count). The van der Waals surface area contributed by atoms with Crippen molar-refractivity contribution in [2.45, 2.75) is 25.9 Å². The van der Waals surface area contributed by atoms with Gasteiger partial charge in [-0.3, -0.25) is 4.79 Å². The highest BCUT2D eigenvalue weighted by Crippen LogP contribution is 2.33. The summed E-state index contributed by atoms with van der Waals surface area (Å²) in [6, 6.07) is 18.7. The SMILES string of the molecule is COc1ccc(C2=NN(C(=O)Cn3nnc(-c4ccc(C)cc4)n3)C(c3ccco3)C2)cc1. The maximum atomic E-state index is 13.2. The number of hydrogen-bond acceptors (Lipinski definition) is 7. The molecule has 1 aliphatic rings. The van der Waals surface area contributed by atoms with E-state index >= 15 is 0 Å². The number of carbonyl (C=O) groups excluding carboxylic acids is 1. The first-order chi connectivity index (χ1) is 16.1. The molecule has 166 valence electrons. The quantitative estimate of drug-likeness (QED) is 0.452. The second-order valence-electron chi connectivity index (χ2n) is 7.76. The zero-order valence-electron chi connectivity index (χ0n) is 18.3. The van der Waals surface area contributed by atoms with Crippen LogP contribution in [0.5, 0.6) is 5.75 Å². The van der Waals surface area contributed by atoms with Crippen molar-refractivity contribution in [3.05, 3.63) is 83.8 Å². The third-order valence-corrected chi connectivity index (χ3v) is 5.50. The van der Waals surface area contributed by atoms with Gasteiger partial charge in [0.1, 0.15) is 24.1 Å². The highest BCUT2D eigenvalue weighted by molar-refractivity contribution is 6.03. The lowest BCUT2D eigenvalue weighted by molar-refractivity contribution is -0.134. The van der Waals surface area contributed by atoms with Gasteiger partial charge in [-0.15, -0.1) is 10.2 Å². The Kier molecular flexibility index (Phi) is 5.43. The van der Waals surface area contributed by atoms with E-state index in [1.54, 1.807) is 19.4 Å². The van der Waals surface area contributed by atoms with Gasteiger partial charge in [0.05, 0.1) is 19.1 Å². The van der Waals surface area contributed by atoms with Crippen molar-refractivity contribution >= 4 is 11.6 Å². The largest absolute Gasteiger partial charge is 0.497 e. The first kappa shape index (κ1) is 20.6. The van der Waals surface area contributed by atoms with E-state index < -0.39 is 0 Å². The van der Waals surface area contributed by atoms with Crippen LogP contribution in [0.15, 0.2) is 76.4 Å². The van der Waals surface area contributed by atoms with E-state index in [9.17, 15) is 4.79 Å². The number of amides is 1. The van der Waals surface area contributed by atoms with Gasteiger partial charge < -0.3 is 9.15 Å². The minimum atomic E-state index is -0.343. The molecule has 0 saturated carbocycles. The molecule has 2 aromatic heterocycles. The average Bonchev–Trinajstić information content (AvgIpc) is 3.60. The lowest BCUT2D eigenvalue weighted by Crippen LogP contribution is -2.31. The van der Waals surface area contributed by atoms with Crippen LogP contribution in [0.25, 0.3) is 11.4 Å². The van der Waals surface area contributed by atoms with Crippen LogP contribution in [0.3, 0.4) is 0 Å². The van der Waals surface area contributed by atoms with Gasteiger partial charge in [-0.2, -0.15) is 9.90 Å². The molecule has 9 heteroatoms. The summed E-state index contributed by atoms with van der Waals surface area (Å²) in [7, 11) is 1.62. The number of ether oxygens (including phenoxy) is 1. The van der Waals surface area contributed by atoms with Gasteiger partial charge in [-0.05, 0) is 54.1 Å². The highest BCUT2D eigenvalue weighted by atomic mass is 16.5. The van der Waals surface area contributed by atoms with Crippen molar-refractivity contribution in [3.8, 4) is 17.1 Å². The summed E-state index contributed by atoms with van der Waals surface area (Å²) in [4.78, 5) is 14.5. The minimum absolute atomic E-state index is 0.0878. The second-order valence-corrected chi connectivity index (χ2v) is 7.76. The summed E-state index contributed by atoms with van der Waals surface area (Å²) in [5, 5.41) is 18.6. The van der Waals surface area contributed by atoms with Crippen molar-refractivity contribution in [3.63, 3.8) is 0 Å². The lowest BCUT2D eigenvalue weighted by Gasteiger charge is -2.19. The van der Waals surface area contributed by atoms with Crippen LogP contribution in [0.2, 0.25) is 0 Å². The number of benzene rings is 2. The molecule has 1 amide bonds. The van der Waals surface area contributed by atoms with Crippen molar-refractivity contribution in [2.75, 3.05) is 7.11 Å². The second kappa shape index (κ2) is 8.70. The van der Waals surface area contributed by atoms with Crippen LogP contribution in [0.1, 0.15) is 29.3 Å². The number of aromatic nitrogens is 4. The van der Waals surface area contributed by atoms with Gasteiger partial charge in [-0.25, -0.2) is 5.01 Å². The predicted octanol–water partition coefficient (Wildman–Crippen LogP) is 3.63. The molecule has 1 atom stereocenters. The fourth-order valence-corrected chi connectivity index (χ4v) is 3.72. The van der Waals surface area contributed by atoms with E-state index in [2.05, 4.69) is 20.5 Å². The van der Waals surface area contributed by atoms with E-state index in [-0.39, 0.29) is 18.5 Å². The zero-order chi connectivity index (χ0) is 22.8. The van der Waals surface area contributed by atoms with Crippen LogP contribution in [0, 0.1) is 6.92 Å². The van der Waals surface area contributed by atoms with Crippen LogP contribution >= 0.6 is 0 Å². The molecule has 1 aliphatic heterocycles. The number of hydrazone groups is 1. The van der Waals surface area contributed by atoms with E-state index in [0.29, 0.717) is 18.0 Å². The third kappa shape index (κ3) is 4.25. The van der Waals surface area contributed by atoms with Gasteiger partial charge >= 0.3 is 0 Å². The molecule has 0 N–H and O–H groups in total. The van der Waals surface area contributed by atoms with Crippen molar-refractivity contribution in [2.24, 2.45) is 5.10 Å². The first-order valence-corrected chi connectivity index (χ1v) is 10.5. The number of nitrogens with zero attached hydrogens (tertiary/aromatic N) is 6. The summed E-state index contributed by atoms with van der Waals surface area (Å²) in [5.41, 5.74) is 3.70. The van der Waals surface area contributed by atoms with Gasteiger partial charge in [0, 0.05) is 12.0 Å². The molecule has 33 heavy (non-hydrogen) atoms. The smallest absolute Gasteiger partial charge is 0.267 e. The fraction of sp³-hybridized carbons (Fsp3) is 0.208. The van der Waals surface area contributed by atoms with E-state index in [1.807, 2.05) is 61.5 Å². The molecule has 0 aliphatic carbocycles. The number of furan rings is 1. The normalized spacial score (nSPS) is 15.5. The summed E-state index contributed by atoms with van der Waals surface area (Å²) in [5.74, 6) is 1.64. The monoisotopic (exact) mass is 442 g/mol. The maximum absolute atomic E-state index is 13.2. The predicted molar refractivity (Wildman–Crippen MR) is 120 cm³/mol. The first-order valence-electron chi connectivity index (χ1n) is 10.5. The highest BCUT2D eigenvalue weighted by Gasteiger charge is 2.35. The van der Waals surface area contributed by atoms with Gasteiger partial charge in [-0.1, -0.05) is 29.8 Å². The zero-order valence-corrected chi connectivity index (χ0v) is 18.3. The number of aryl methyl sites for hydroxylation is 1. The van der Waals surface area contributed by atoms with Crippen LogP contribution in [0.4, 0.5) is 0 Å². The number of rotatable bonds is 6. The summed E-state index contributed by atoms with van der Waals surface area (Å²) < 4.78 is 10.8. The molecule has 0 spiro atoms. The number of methoxy groups -OCH3 is 1. The van der Waals surface area contributed by atoms with Crippen molar-refractivity contribution in [1.82, 2.24) is 25.2 Å². The molecule has 0 radical (unpaired) electrons. The minimum Gasteiger partial charge on any atom is -0.497 e. The molecule has 0 saturated heterocycles. The lowest BCUT2D eigenvalue weighted by atomic mass is 10.0. The Balaban J connectivity index is 1.38. The number of tetrazole rings is 1. The number of carbonyl (C=O) groups is 1. The summed E-state index contributed by atoms with van der Waals surface area (Å²) in [6.45, 7) is 1.92. The summed E-state index contributed by atoms with van der Waals surface area (Å²) in [6.07, 6.45) is 2.13. The molecule has 4 aromatic rings. The Hall–Kier alpha value is -4.27. The Morgan fingerprint density at radius 2 is 1.85 bits per heavy atom. The average molecular weight is 442 g/mol. The summed E-state index contributed by atoms with van der Waals surface area (Å²) >= 11 is 0. The standard InChI is InChI=1S/C24H22N6O3/c1-16-5-7-18(8-6-16)24-25-28-29(27-24)15-23(31)30-21(22-4-3-13-33-22)14-20(26-30)17-9-11-19(32-2)12-10-17/h3-13,21H,14-15H2,1-2H3. The Morgan fingerprint density at radius 1 is 1.09 bits per heavy atom. The topological polar surface area (TPSA) is 98.6 Å². The fourth-order valence-electron chi connectivity index (χ4n) is 3.72. The van der Waals surface area contributed by atoms with E-state index in [1.165, 1.54) is 9.81 Å². The number of hydrogen-bond donors (Lipinski definition) is 0.